The second-order valence-electron chi connectivity index (χ2n) is 4.44. The van der Waals surface area contributed by atoms with Crippen molar-refractivity contribution in [2.45, 2.75) is 19.4 Å². The molecule has 0 radical (unpaired) electrons. The summed E-state index contributed by atoms with van der Waals surface area (Å²) in [5.41, 5.74) is 0.934. The average molecular weight is 305 g/mol. The smallest absolute Gasteiger partial charge is 0.317 e. The van der Waals surface area contributed by atoms with E-state index in [0.717, 1.165) is 5.56 Å². The highest BCUT2D eigenvalue weighted by molar-refractivity contribution is 6.35. The minimum atomic E-state index is -0.216. The van der Waals surface area contributed by atoms with Crippen molar-refractivity contribution in [2.75, 3.05) is 20.2 Å². The largest absolute Gasteiger partial charge is 0.395 e. The average Bonchev–Trinajstić information content (AvgIpc) is 2.33. The fraction of sp³-hybridized carbons (Fsp3) is 0.462. The summed E-state index contributed by atoms with van der Waals surface area (Å²) < 4.78 is 0. The molecule has 0 aliphatic heterocycles. The number of aliphatic hydroxyl groups excluding tert-OH is 1. The standard InChI is InChI=1S/C13H18Cl2N2O2/c1-9(16-13(19)17(2)5-6-18)7-10-3-4-11(14)8-12(10)15/h3-4,8-9,18H,5-7H2,1-2H3,(H,16,19). The van der Waals surface area contributed by atoms with Gasteiger partial charge in [0.05, 0.1) is 6.61 Å². The molecule has 0 bridgehead atoms. The number of rotatable bonds is 5. The first kappa shape index (κ1) is 16.1. The Morgan fingerprint density at radius 2 is 2.16 bits per heavy atom. The number of halogens is 2. The highest BCUT2D eigenvalue weighted by atomic mass is 35.5. The maximum atomic E-state index is 11.7. The van der Waals surface area contributed by atoms with Crippen LogP contribution in [0.3, 0.4) is 0 Å². The molecule has 1 rings (SSSR count). The highest BCUT2D eigenvalue weighted by Crippen LogP contribution is 2.22. The van der Waals surface area contributed by atoms with Gasteiger partial charge in [0.2, 0.25) is 0 Å². The fourth-order valence-corrected chi connectivity index (χ4v) is 2.13. The van der Waals surface area contributed by atoms with E-state index in [1.807, 2.05) is 13.0 Å². The van der Waals surface area contributed by atoms with Gasteiger partial charge in [-0.15, -0.1) is 0 Å². The Bertz CT molecular complexity index is 441. The summed E-state index contributed by atoms with van der Waals surface area (Å²) in [5.74, 6) is 0. The van der Waals surface area contributed by atoms with E-state index in [0.29, 0.717) is 23.0 Å². The number of aliphatic hydroxyl groups is 1. The molecule has 0 heterocycles. The Balaban J connectivity index is 2.55. The molecule has 1 aromatic rings. The zero-order valence-corrected chi connectivity index (χ0v) is 12.5. The van der Waals surface area contributed by atoms with Crippen molar-refractivity contribution in [3.8, 4) is 0 Å². The van der Waals surface area contributed by atoms with Gasteiger partial charge in [-0.25, -0.2) is 4.79 Å². The van der Waals surface area contributed by atoms with Gasteiger partial charge in [0.15, 0.2) is 0 Å². The van der Waals surface area contributed by atoms with Gasteiger partial charge in [-0.2, -0.15) is 0 Å². The predicted molar refractivity (Wildman–Crippen MR) is 77.9 cm³/mol. The van der Waals surface area contributed by atoms with Gasteiger partial charge in [-0.1, -0.05) is 29.3 Å². The zero-order chi connectivity index (χ0) is 14.4. The number of urea groups is 1. The number of nitrogens with one attached hydrogen (secondary N) is 1. The maximum Gasteiger partial charge on any atom is 0.317 e. The summed E-state index contributed by atoms with van der Waals surface area (Å²) in [5, 5.41) is 12.8. The lowest BCUT2D eigenvalue weighted by atomic mass is 10.1. The van der Waals surface area contributed by atoms with E-state index >= 15 is 0 Å². The number of hydrogen-bond donors (Lipinski definition) is 2. The van der Waals surface area contributed by atoms with Crippen LogP contribution in [0, 0.1) is 0 Å². The van der Waals surface area contributed by atoms with E-state index in [9.17, 15) is 4.79 Å². The quantitative estimate of drug-likeness (QED) is 0.878. The molecule has 1 aromatic carbocycles. The molecule has 0 aliphatic carbocycles. The lowest BCUT2D eigenvalue weighted by Crippen LogP contribution is -2.43. The van der Waals surface area contributed by atoms with Crippen molar-refractivity contribution in [3.05, 3.63) is 33.8 Å². The van der Waals surface area contributed by atoms with E-state index < -0.39 is 0 Å². The molecule has 1 unspecified atom stereocenters. The van der Waals surface area contributed by atoms with Gasteiger partial charge >= 0.3 is 6.03 Å². The Labute approximate surface area is 123 Å². The molecular formula is C13H18Cl2N2O2. The third kappa shape index (κ3) is 5.27. The Morgan fingerprint density at radius 3 is 2.74 bits per heavy atom. The van der Waals surface area contributed by atoms with Crippen LogP contribution in [0.1, 0.15) is 12.5 Å². The van der Waals surface area contributed by atoms with Crippen LogP contribution in [0.4, 0.5) is 4.79 Å². The van der Waals surface area contributed by atoms with Crippen LogP contribution in [0.15, 0.2) is 18.2 Å². The zero-order valence-electron chi connectivity index (χ0n) is 11.0. The topological polar surface area (TPSA) is 52.6 Å². The molecule has 2 N–H and O–H groups in total. The molecule has 4 nitrogen and oxygen atoms in total. The summed E-state index contributed by atoms with van der Waals surface area (Å²) in [6.07, 6.45) is 0.620. The van der Waals surface area contributed by atoms with E-state index in [-0.39, 0.29) is 18.7 Å². The minimum absolute atomic E-state index is 0.0543. The van der Waals surface area contributed by atoms with Crippen LogP contribution < -0.4 is 5.32 Å². The summed E-state index contributed by atoms with van der Waals surface area (Å²) in [6, 6.07) is 5.03. The van der Waals surface area contributed by atoms with Crippen LogP contribution in [0.2, 0.25) is 10.0 Å². The van der Waals surface area contributed by atoms with Crippen molar-refractivity contribution < 1.29 is 9.90 Å². The van der Waals surface area contributed by atoms with E-state index in [1.54, 1.807) is 19.2 Å². The number of amides is 2. The normalized spacial score (nSPS) is 12.1. The molecule has 1 atom stereocenters. The SMILES string of the molecule is CC(Cc1ccc(Cl)cc1Cl)NC(=O)N(C)CCO. The van der Waals surface area contributed by atoms with Gasteiger partial charge in [-0.05, 0) is 31.0 Å². The molecule has 0 aromatic heterocycles. The lowest BCUT2D eigenvalue weighted by molar-refractivity contribution is 0.187. The third-order valence-corrected chi connectivity index (χ3v) is 3.28. The second-order valence-corrected chi connectivity index (χ2v) is 5.28. The molecule has 0 saturated heterocycles. The van der Waals surface area contributed by atoms with Crippen LogP contribution >= 0.6 is 23.2 Å². The van der Waals surface area contributed by atoms with Crippen molar-refractivity contribution in [3.63, 3.8) is 0 Å². The molecule has 0 aliphatic rings. The van der Waals surface area contributed by atoms with Gasteiger partial charge in [0.1, 0.15) is 0 Å². The summed E-state index contributed by atoms with van der Waals surface area (Å²) in [4.78, 5) is 13.2. The monoisotopic (exact) mass is 304 g/mol. The first-order chi connectivity index (χ1) is 8.93. The molecule has 0 fully saturated rings. The fourth-order valence-electron chi connectivity index (χ4n) is 1.64. The number of carbonyl (C=O) groups is 1. The van der Waals surface area contributed by atoms with E-state index in [1.165, 1.54) is 4.90 Å². The van der Waals surface area contributed by atoms with Crippen molar-refractivity contribution >= 4 is 29.2 Å². The lowest BCUT2D eigenvalue weighted by Gasteiger charge is -2.21. The van der Waals surface area contributed by atoms with Crippen LogP contribution in [-0.2, 0) is 6.42 Å². The molecule has 0 saturated carbocycles. The van der Waals surface area contributed by atoms with Crippen LogP contribution in [-0.4, -0.2) is 42.3 Å². The summed E-state index contributed by atoms with van der Waals surface area (Å²) in [6.45, 7) is 2.15. The number of nitrogens with zero attached hydrogens (tertiary/aromatic N) is 1. The molecule has 0 spiro atoms. The van der Waals surface area contributed by atoms with E-state index in [4.69, 9.17) is 28.3 Å². The molecule has 19 heavy (non-hydrogen) atoms. The van der Waals surface area contributed by atoms with Gasteiger partial charge < -0.3 is 15.3 Å². The van der Waals surface area contributed by atoms with Crippen molar-refractivity contribution in [1.29, 1.82) is 0 Å². The second kappa shape index (κ2) is 7.58. The molecule has 2 amide bonds. The number of hydrogen-bond acceptors (Lipinski definition) is 2. The predicted octanol–water partition coefficient (Wildman–Crippen LogP) is 2.56. The van der Waals surface area contributed by atoms with E-state index in [2.05, 4.69) is 5.32 Å². The first-order valence-electron chi connectivity index (χ1n) is 6.00. The maximum absolute atomic E-state index is 11.7. The molecular weight excluding hydrogens is 287 g/mol. The Morgan fingerprint density at radius 1 is 1.47 bits per heavy atom. The molecule has 6 heteroatoms. The number of carbonyl (C=O) groups excluding carboxylic acids is 1. The number of benzene rings is 1. The van der Waals surface area contributed by atoms with Crippen molar-refractivity contribution in [2.24, 2.45) is 0 Å². The van der Waals surface area contributed by atoms with Crippen molar-refractivity contribution in [1.82, 2.24) is 10.2 Å². The first-order valence-corrected chi connectivity index (χ1v) is 6.76. The van der Waals surface area contributed by atoms with Gasteiger partial charge in [0, 0.05) is 29.7 Å². The summed E-state index contributed by atoms with van der Waals surface area (Å²) >= 11 is 11.9. The minimum Gasteiger partial charge on any atom is -0.395 e. The van der Waals surface area contributed by atoms with Crippen LogP contribution in [0.5, 0.6) is 0 Å². The Kier molecular flexibility index (Phi) is 6.42. The van der Waals surface area contributed by atoms with Gasteiger partial charge in [-0.3, -0.25) is 0 Å². The third-order valence-electron chi connectivity index (χ3n) is 2.69. The number of likely N-dealkylation sites (N-methyl/N-ethyl adjacent to an activating group) is 1. The Hall–Kier alpha value is -0.970. The highest BCUT2D eigenvalue weighted by Gasteiger charge is 2.13. The van der Waals surface area contributed by atoms with Gasteiger partial charge in [0.25, 0.3) is 0 Å². The summed E-state index contributed by atoms with van der Waals surface area (Å²) in [7, 11) is 1.63. The van der Waals surface area contributed by atoms with Crippen LogP contribution in [0.25, 0.3) is 0 Å². The molecule has 106 valence electrons.